The molecule has 2 rings (SSSR count). The van der Waals surface area contributed by atoms with Gasteiger partial charge in [0.1, 0.15) is 5.75 Å². The highest BCUT2D eigenvalue weighted by Gasteiger charge is 2.12. The summed E-state index contributed by atoms with van der Waals surface area (Å²) in [4.78, 5) is 4.14. The highest BCUT2D eigenvalue weighted by Crippen LogP contribution is 2.44. The molecule has 1 aromatic rings. The fourth-order valence-corrected chi connectivity index (χ4v) is 3.07. The fraction of sp³-hybridized carbons (Fsp3) is 0.250. The third-order valence-corrected chi connectivity index (χ3v) is 4.64. The number of methoxy groups -OCH3 is 1. The Hall–Kier alpha value is -1.22. The van der Waals surface area contributed by atoms with Crippen molar-refractivity contribution in [2.45, 2.75) is 12.2 Å². The lowest BCUT2D eigenvalue weighted by Crippen LogP contribution is -1.93. The van der Waals surface area contributed by atoms with Crippen LogP contribution in [0.4, 0.5) is 0 Å². The van der Waals surface area contributed by atoms with Gasteiger partial charge in [0.2, 0.25) is 0 Å². The molecule has 0 aliphatic carbocycles. The lowest BCUT2D eigenvalue weighted by Gasteiger charge is -2.19. The third-order valence-electron chi connectivity index (χ3n) is 2.57. The molecule has 0 saturated carbocycles. The zero-order valence-electron chi connectivity index (χ0n) is 8.92. The Morgan fingerprint density at radius 1 is 1.27 bits per heavy atom. The molecule has 0 N–H and O–H groups in total. The molecule has 15 heavy (non-hydrogen) atoms. The van der Waals surface area contributed by atoms with E-state index in [-0.39, 0.29) is 10.9 Å². The van der Waals surface area contributed by atoms with Crippen LogP contribution < -0.4 is 4.74 Å². The monoisotopic (exact) mass is 221 g/mol. The normalized spacial score (nSPS) is 22.9. The van der Waals surface area contributed by atoms with Crippen molar-refractivity contribution in [3.05, 3.63) is 41.4 Å². The highest BCUT2D eigenvalue weighted by molar-refractivity contribution is 8.31. The molecule has 3 heteroatoms. The zero-order valence-corrected chi connectivity index (χ0v) is 9.82. The molecule has 1 aliphatic heterocycles. The maximum absolute atomic E-state index is 5.14. The second-order valence-electron chi connectivity index (χ2n) is 3.46. The molecular weight excluding hydrogens is 206 g/mol. The smallest absolute Gasteiger partial charge is 0.118 e. The number of thiol groups is 1. The van der Waals surface area contributed by atoms with Gasteiger partial charge in [-0.2, -0.15) is 10.9 Å². The minimum atomic E-state index is -0.210. The van der Waals surface area contributed by atoms with Crippen molar-refractivity contribution in [1.82, 2.24) is 0 Å². The predicted molar refractivity (Wildman–Crippen MR) is 68.0 cm³/mol. The van der Waals surface area contributed by atoms with E-state index in [0.717, 1.165) is 5.75 Å². The second-order valence-corrected chi connectivity index (χ2v) is 5.66. The van der Waals surface area contributed by atoms with E-state index >= 15 is 0 Å². The molecule has 2 nitrogen and oxygen atoms in total. The minimum absolute atomic E-state index is 0.210. The Kier molecular flexibility index (Phi) is 3.11. The summed E-state index contributed by atoms with van der Waals surface area (Å²) in [6.07, 6.45) is 1.89. The molecular formula is C12H15NOS. The first-order valence-electron chi connectivity index (χ1n) is 4.92. The molecule has 2 unspecified atom stereocenters. The number of aliphatic imine (C=N–C) groups is 1. The van der Waals surface area contributed by atoms with Crippen molar-refractivity contribution in [1.29, 1.82) is 0 Å². The highest BCUT2D eigenvalue weighted by atomic mass is 32.2. The van der Waals surface area contributed by atoms with Crippen molar-refractivity contribution in [2.24, 2.45) is 4.99 Å². The molecule has 0 fully saturated rings. The Labute approximate surface area is 93.0 Å². The van der Waals surface area contributed by atoms with Gasteiger partial charge in [0.25, 0.3) is 0 Å². The van der Waals surface area contributed by atoms with E-state index in [1.807, 2.05) is 18.3 Å². The van der Waals surface area contributed by atoms with Crippen LogP contribution in [0, 0.1) is 0 Å². The van der Waals surface area contributed by atoms with Crippen LogP contribution >= 0.6 is 10.9 Å². The topological polar surface area (TPSA) is 21.6 Å². The van der Waals surface area contributed by atoms with Crippen molar-refractivity contribution >= 4 is 16.4 Å². The average Bonchev–Trinajstić information content (AvgIpc) is 2.82. The SMILES string of the molecule is COc1ccc(C(C)[SH]2C=CN=C2)cc1. The van der Waals surface area contributed by atoms with Gasteiger partial charge in [-0.05, 0) is 23.1 Å². The van der Waals surface area contributed by atoms with Crippen molar-refractivity contribution < 1.29 is 4.74 Å². The Bertz CT molecular complexity index is 371. The lowest BCUT2D eigenvalue weighted by atomic mass is 10.2. The Morgan fingerprint density at radius 3 is 2.53 bits per heavy atom. The summed E-state index contributed by atoms with van der Waals surface area (Å²) >= 11 is 0. The lowest BCUT2D eigenvalue weighted by molar-refractivity contribution is 0.414. The van der Waals surface area contributed by atoms with Crippen LogP contribution in [0.3, 0.4) is 0 Å². The number of rotatable bonds is 3. The van der Waals surface area contributed by atoms with Gasteiger partial charge in [0.15, 0.2) is 0 Å². The zero-order chi connectivity index (χ0) is 10.7. The van der Waals surface area contributed by atoms with E-state index in [1.165, 1.54) is 5.56 Å². The summed E-state index contributed by atoms with van der Waals surface area (Å²) in [5, 5.41) is 2.73. The first-order valence-corrected chi connectivity index (χ1v) is 6.47. The van der Waals surface area contributed by atoms with E-state index in [1.54, 1.807) is 7.11 Å². The van der Waals surface area contributed by atoms with Crippen molar-refractivity contribution in [3.8, 4) is 5.75 Å². The van der Waals surface area contributed by atoms with Crippen molar-refractivity contribution in [2.75, 3.05) is 7.11 Å². The number of nitrogens with zero attached hydrogens (tertiary/aromatic N) is 1. The van der Waals surface area contributed by atoms with Gasteiger partial charge in [0, 0.05) is 17.0 Å². The van der Waals surface area contributed by atoms with Gasteiger partial charge < -0.3 is 4.74 Å². The first-order chi connectivity index (χ1) is 7.31. The summed E-state index contributed by atoms with van der Waals surface area (Å²) in [6, 6.07) is 8.29. The minimum Gasteiger partial charge on any atom is -0.497 e. The molecule has 1 aromatic carbocycles. The number of hydrogen-bond donors (Lipinski definition) is 1. The van der Waals surface area contributed by atoms with Gasteiger partial charge >= 0.3 is 0 Å². The quantitative estimate of drug-likeness (QED) is 0.777. The van der Waals surface area contributed by atoms with E-state index in [2.05, 4.69) is 35.0 Å². The number of benzene rings is 1. The number of hydrogen-bond acceptors (Lipinski definition) is 2. The second kappa shape index (κ2) is 4.53. The van der Waals surface area contributed by atoms with Crippen LogP contribution in [0.5, 0.6) is 5.75 Å². The maximum Gasteiger partial charge on any atom is 0.118 e. The Morgan fingerprint density at radius 2 is 2.00 bits per heavy atom. The fourth-order valence-electron chi connectivity index (χ4n) is 1.55. The molecule has 0 spiro atoms. The first kappa shape index (κ1) is 10.3. The largest absolute Gasteiger partial charge is 0.497 e. The molecule has 0 aromatic heterocycles. The van der Waals surface area contributed by atoms with Gasteiger partial charge in [0.05, 0.1) is 7.11 Å². The van der Waals surface area contributed by atoms with Crippen molar-refractivity contribution in [3.63, 3.8) is 0 Å². The summed E-state index contributed by atoms with van der Waals surface area (Å²) in [5.74, 6) is 0.911. The molecule has 0 saturated heterocycles. The van der Waals surface area contributed by atoms with Gasteiger partial charge in [-0.15, -0.1) is 0 Å². The van der Waals surface area contributed by atoms with E-state index in [0.29, 0.717) is 5.25 Å². The molecule has 80 valence electrons. The molecule has 2 atom stereocenters. The van der Waals surface area contributed by atoms with Crippen LogP contribution in [-0.4, -0.2) is 12.7 Å². The predicted octanol–water partition coefficient (Wildman–Crippen LogP) is 3.27. The maximum atomic E-state index is 5.14. The van der Waals surface area contributed by atoms with Gasteiger partial charge in [-0.3, -0.25) is 4.99 Å². The number of ether oxygens (including phenoxy) is 1. The van der Waals surface area contributed by atoms with Crippen LogP contribution in [0.1, 0.15) is 17.7 Å². The van der Waals surface area contributed by atoms with E-state index in [9.17, 15) is 0 Å². The average molecular weight is 221 g/mol. The van der Waals surface area contributed by atoms with E-state index < -0.39 is 0 Å². The third kappa shape index (κ3) is 2.23. The van der Waals surface area contributed by atoms with Crippen LogP contribution in [0.15, 0.2) is 40.9 Å². The summed E-state index contributed by atoms with van der Waals surface area (Å²) < 4.78 is 5.14. The molecule has 1 aliphatic rings. The summed E-state index contributed by atoms with van der Waals surface area (Å²) in [7, 11) is 1.48. The molecule has 0 bridgehead atoms. The van der Waals surface area contributed by atoms with Crippen LogP contribution in [0.25, 0.3) is 0 Å². The van der Waals surface area contributed by atoms with Gasteiger partial charge in [-0.25, -0.2) is 0 Å². The summed E-state index contributed by atoms with van der Waals surface area (Å²) in [6.45, 7) is 2.25. The summed E-state index contributed by atoms with van der Waals surface area (Å²) in [5.41, 5.74) is 3.41. The van der Waals surface area contributed by atoms with Crippen LogP contribution in [0.2, 0.25) is 0 Å². The molecule has 1 heterocycles. The van der Waals surface area contributed by atoms with Crippen LogP contribution in [-0.2, 0) is 0 Å². The standard InChI is InChI=1S/C12H15NOS/c1-10(15-8-7-13-9-15)11-3-5-12(14-2)6-4-11/h3-10,15H,1-2H3. The van der Waals surface area contributed by atoms with E-state index in [4.69, 9.17) is 4.74 Å². The molecule has 0 radical (unpaired) electrons. The van der Waals surface area contributed by atoms with Gasteiger partial charge in [-0.1, -0.05) is 19.1 Å². The Balaban J connectivity index is 2.14. The molecule has 0 amide bonds.